The number of aromatic hydroxyl groups is 1. The normalized spacial score (nSPS) is 10.2. The zero-order valence-electron chi connectivity index (χ0n) is 10.8. The molecule has 0 amide bonds. The van der Waals surface area contributed by atoms with Crippen LogP contribution in [0.2, 0.25) is 0 Å². The molecule has 0 aliphatic carbocycles. The van der Waals surface area contributed by atoms with E-state index in [1.54, 1.807) is 44.3 Å². The molecule has 0 saturated heterocycles. The van der Waals surface area contributed by atoms with E-state index in [4.69, 9.17) is 4.74 Å². The minimum absolute atomic E-state index is 0.168. The van der Waals surface area contributed by atoms with E-state index in [0.717, 1.165) is 5.56 Å². The number of phenolic OH excluding ortho intramolecular Hbond substituents is 1. The number of carbonyl (C=O) groups is 1. The summed E-state index contributed by atoms with van der Waals surface area (Å²) in [5, 5.41) is 9.25. The lowest BCUT2D eigenvalue weighted by Gasteiger charge is -2.06. The molecule has 0 fully saturated rings. The van der Waals surface area contributed by atoms with Crippen molar-refractivity contribution < 1.29 is 14.6 Å². The van der Waals surface area contributed by atoms with Gasteiger partial charge in [-0.3, -0.25) is 0 Å². The van der Waals surface area contributed by atoms with Gasteiger partial charge >= 0.3 is 5.97 Å². The molecule has 0 bridgehead atoms. The first-order valence-corrected chi connectivity index (χ1v) is 5.92. The average Bonchev–Trinajstić information content (AvgIpc) is 2.40. The van der Waals surface area contributed by atoms with Crippen LogP contribution >= 0.6 is 0 Å². The van der Waals surface area contributed by atoms with E-state index in [1.165, 1.54) is 0 Å². The Morgan fingerprint density at radius 2 is 2.00 bits per heavy atom. The molecule has 5 nitrogen and oxygen atoms in total. The summed E-state index contributed by atoms with van der Waals surface area (Å²) in [5.74, 6) is 0.137. The molecule has 1 aromatic carbocycles. The van der Waals surface area contributed by atoms with Crippen LogP contribution in [-0.4, -0.2) is 27.7 Å². The van der Waals surface area contributed by atoms with E-state index in [1.807, 2.05) is 0 Å². The van der Waals surface area contributed by atoms with Gasteiger partial charge in [-0.1, -0.05) is 0 Å². The molecule has 5 heteroatoms. The van der Waals surface area contributed by atoms with Crippen molar-refractivity contribution in [3.05, 3.63) is 41.7 Å². The lowest BCUT2D eigenvalue weighted by molar-refractivity contribution is 0.0518. The Bertz CT molecular complexity index is 594. The van der Waals surface area contributed by atoms with Crippen molar-refractivity contribution in [2.75, 3.05) is 6.61 Å². The summed E-state index contributed by atoms with van der Waals surface area (Å²) in [5.41, 5.74) is 1.66. The number of aromatic nitrogens is 2. The van der Waals surface area contributed by atoms with Crippen molar-refractivity contribution in [1.29, 1.82) is 0 Å². The Balaban J connectivity index is 2.40. The van der Waals surface area contributed by atoms with E-state index < -0.39 is 5.97 Å². The predicted molar refractivity (Wildman–Crippen MR) is 69.8 cm³/mol. The second kappa shape index (κ2) is 5.48. The molecular weight excluding hydrogens is 244 g/mol. The number of esters is 1. The fraction of sp³-hybridized carbons (Fsp3) is 0.214. The molecule has 1 aromatic heterocycles. The fourth-order valence-corrected chi connectivity index (χ4v) is 1.60. The summed E-state index contributed by atoms with van der Waals surface area (Å²) in [4.78, 5) is 20.2. The van der Waals surface area contributed by atoms with Gasteiger partial charge in [0.2, 0.25) is 0 Å². The minimum Gasteiger partial charge on any atom is -0.508 e. The van der Waals surface area contributed by atoms with Gasteiger partial charge in [0.1, 0.15) is 5.75 Å². The largest absolute Gasteiger partial charge is 0.508 e. The maximum Gasteiger partial charge on any atom is 0.357 e. The van der Waals surface area contributed by atoms with Gasteiger partial charge in [-0.15, -0.1) is 0 Å². The predicted octanol–water partition coefficient (Wildman–Crippen LogP) is 2.33. The number of phenols is 1. The van der Waals surface area contributed by atoms with Crippen LogP contribution < -0.4 is 0 Å². The van der Waals surface area contributed by atoms with Crippen LogP contribution in [0.1, 0.15) is 23.0 Å². The molecule has 98 valence electrons. The van der Waals surface area contributed by atoms with Crippen LogP contribution in [0.3, 0.4) is 0 Å². The Kier molecular flexibility index (Phi) is 3.75. The van der Waals surface area contributed by atoms with Gasteiger partial charge in [0.25, 0.3) is 0 Å². The van der Waals surface area contributed by atoms with E-state index in [-0.39, 0.29) is 11.4 Å². The first-order valence-electron chi connectivity index (χ1n) is 5.92. The smallest absolute Gasteiger partial charge is 0.357 e. The quantitative estimate of drug-likeness (QED) is 0.855. The number of benzene rings is 1. The highest BCUT2D eigenvalue weighted by atomic mass is 16.5. The monoisotopic (exact) mass is 258 g/mol. The van der Waals surface area contributed by atoms with Crippen LogP contribution in [0, 0.1) is 6.92 Å². The number of ether oxygens (including phenoxy) is 1. The van der Waals surface area contributed by atoms with Crippen molar-refractivity contribution in [2.24, 2.45) is 0 Å². The topological polar surface area (TPSA) is 72.3 Å². The van der Waals surface area contributed by atoms with Crippen LogP contribution in [0.5, 0.6) is 5.75 Å². The molecule has 2 rings (SSSR count). The molecule has 1 N–H and O–H groups in total. The summed E-state index contributed by atoms with van der Waals surface area (Å²) in [6.45, 7) is 3.80. The standard InChI is InChI=1S/C14H14N2O3/c1-3-19-14(18)12-9(2)8-15-13(16-12)10-4-6-11(17)7-5-10/h4-8,17H,3H2,1-2H3. The van der Waals surface area contributed by atoms with Crippen LogP contribution in [0.25, 0.3) is 11.4 Å². The summed E-state index contributed by atoms with van der Waals surface area (Å²) in [6, 6.07) is 6.47. The first kappa shape index (κ1) is 13.0. The number of rotatable bonds is 3. The number of carbonyl (C=O) groups excluding carboxylic acids is 1. The van der Waals surface area contributed by atoms with Gasteiger partial charge in [-0.05, 0) is 38.1 Å². The number of nitrogens with zero attached hydrogens (tertiary/aromatic N) is 2. The van der Waals surface area contributed by atoms with E-state index in [9.17, 15) is 9.90 Å². The molecule has 19 heavy (non-hydrogen) atoms. The molecular formula is C14H14N2O3. The van der Waals surface area contributed by atoms with Gasteiger partial charge in [0, 0.05) is 17.3 Å². The Labute approximate surface area is 110 Å². The van der Waals surface area contributed by atoms with Gasteiger partial charge in [0.15, 0.2) is 11.5 Å². The molecule has 0 atom stereocenters. The third-order valence-corrected chi connectivity index (χ3v) is 2.57. The van der Waals surface area contributed by atoms with Gasteiger partial charge in [-0.25, -0.2) is 14.8 Å². The maximum absolute atomic E-state index is 11.8. The van der Waals surface area contributed by atoms with Crippen molar-refractivity contribution >= 4 is 5.97 Å². The summed E-state index contributed by atoms with van der Waals surface area (Å²) < 4.78 is 4.95. The van der Waals surface area contributed by atoms with Crippen LogP contribution in [-0.2, 0) is 4.74 Å². The molecule has 0 aliphatic heterocycles. The molecule has 0 saturated carbocycles. The van der Waals surface area contributed by atoms with Gasteiger partial charge in [0.05, 0.1) is 6.61 Å². The molecule has 2 aromatic rings. The summed E-state index contributed by atoms with van der Waals surface area (Å²) >= 11 is 0. The first-order chi connectivity index (χ1) is 9.11. The number of hydrogen-bond acceptors (Lipinski definition) is 5. The highest BCUT2D eigenvalue weighted by molar-refractivity contribution is 5.89. The van der Waals surface area contributed by atoms with Gasteiger partial charge in [-0.2, -0.15) is 0 Å². The van der Waals surface area contributed by atoms with Crippen LogP contribution in [0.15, 0.2) is 30.5 Å². The number of aryl methyl sites for hydroxylation is 1. The zero-order valence-corrected chi connectivity index (χ0v) is 10.8. The van der Waals surface area contributed by atoms with E-state index in [0.29, 0.717) is 18.0 Å². The van der Waals surface area contributed by atoms with E-state index >= 15 is 0 Å². The lowest BCUT2D eigenvalue weighted by Crippen LogP contribution is -2.10. The highest BCUT2D eigenvalue weighted by Gasteiger charge is 2.14. The summed E-state index contributed by atoms with van der Waals surface area (Å²) in [7, 11) is 0. The molecule has 0 radical (unpaired) electrons. The minimum atomic E-state index is -0.456. The second-order valence-electron chi connectivity index (χ2n) is 3.99. The highest BCUT2D eigenvalue weighted by Crippen LogP contribution is 2.19. The Hall–Kier alpha value is -2.43. The SMILES string of the molecule is CCOC(=O)c1nc(-c2ccc(O)cc2)ncc1C. The average molecular weight is 258 g/mol. The maximum atomic E-state index is 11.8. The number of hydrogen-bond donors (Lipinski definition) is 1. The molecule has 0 spiro atoms. The molecule has 0 aliphatic rings. The summed E-state index contributed by atoms with van der Waals surface area (Å²) in [6.07, 6.45) is 1.58. The second-order valence-corrected chi connectivity index (χ2v) is 3.99. The molecule has 0 unspecified atom stereocenters. The third kappa shape index (κ3) is 2.88. The van der Waals surface area contributed by atoms with Crippen molar-refractivity contribution in [2.45, 2.75) is 13.8 Å². The van der Waals surface area contributed by atoms with Crippen molar-refractivity contribution in [3.63, 3.8) is 0 Å². The van der Waals surface area contributed by atoms with Gasteiger partial charge < -0.3 is 9.84 Å². The van der Waals surface area contributed by atoms with Crippen LogP contribution in [0.4, 0.5) is 0 Å². The van der Waals surface area contributed by atoms with Crippen molar-refractivity contribution in [1.82, 2.24) is 9.97 Å². The fourth-order valence-electron chi connectivity index (χ4n) is 1.60. The Morgan fingerprint density at radius 3 is 2.63 bits per heavy atom. The lowest BCUT2D eigenvalue weighted by atomic mass is 10.2. The van der Waals surface area contributed by atoms with E-state index in [2.05, 4.69) is 9.97 Å². The molecule has 1 heterocycles. The third-order valence-electron chi connectivity index (χ3n) is 2.57. The Morgan fingerprint density at radius 1 is 1.32 bits per heavy atom. The van der Waals surface area contributed by atoms with Crippen molar-refractivity contribution in [3.8, 4) is 17.1 Å². The zero-order chi connectivity index (χ0) is 13.8.